The second kappa shape index (κ2) is 10.9. The SMILES string of the molecule is CCOc1cc(NC(=O)[C@@H](CO)c2ccccc2)ccc1S(=O)(=O)Nc1cccc(C(C)(C)C)c1. The predicted molar refractivity (Wildman–Crippen MR) is 138 cm³/mol. The van der Waals surface area contributed by atoms with E-state index in [1.807, 2.05) is 24.3 Å². The number of carbonyl (C=O) groups is 1. The van der Waals surface area contributed by atoms with E-state index in [0.717, 1.165) is 5.56 Å². The Morgan fingerprint density at radius 2 is 1.69 bits per heavy atom. The third-order valence-corrected chi connectivity index (χ3v) is 6.90. The smallest absolute Gasteiger partial charge is 0.265 e. The molecule has 0 aliphatic carbocycles. The van der Waals surface area contributed by atoms with Crippen molar-refractivity contribution < 1.29 is 23.1 Å². The fourth-order valence-electron chi connectivity index (χ4n) is 3.59. The van der Waals surface area contributed by atoms with E-state index in [2.05, 4.69) is 30.8 Å². The Morgan fingerprint density at radius 1 is 0.971 bits per heavy atom. The van der Waals surface area contributed by atoms with Crippen LogP contribution in [0.3, 0.4) is 0 Å². The van der Waals surface area contributed by atoms with Gasteiger partial charge in [0.05, 0.1) is 19.1 Å². The number of aliphatic hydroxyl groups excluding tert-OH is 1. The van der Waals surface area contributed by atoms with E-state index in [4.69, 9.17) is 4.74 Å². The first-order valence-electron chi connectivity index (χ1n) is 11.4. The number of nitrogens with one attached hydrogen (secondary N) is 2. The summed E-state index contributed by atoms with van der Waals surface area (Å²) in [6.45, 7) is 7.79. The third kappa shape index (κ3) is 6.61. The molecular weight excluding hydrogens is 464 g/mol. The van der Waals surface area contributed by atoms with Crippen molar-refractivity contribution in [1.82, 2.24) is 0 Å². The van der Waals surface area contributed by atoms with E-state index < -0.39 is 21.8 Å². The highest BCUT2D eigenvalue weighted by Gasteiger charge is 2.24. The van der Waals surface area contributed by atoms with Crippen LogP contribution >= 0.6 is 0 Å². The van der Waals surface area contributed by atoms with Crippen LogP contribution in [0.1, 0.15) is 44.7 Å². The Labute approximate surface area is 207 Å². The molecule has 0 unspecified atom stereocenters. The van der Waals surface area contributed by atoms with Gasteiger partial charge in [0.2, 0.25) is 5.91 Å². The minimum Gasteiger partial charge on any atom is -0.492 e. The van der Waals surface area contributed by atoms with Crippen molar-refractivity contribution in [1.29, 1.82) is 0 Å². The zero-order valence-electron chi connectivity index (χ0n) is 20.4. The van der Waals surface area contributed by atoms with Gasteiger partial charge in [0, 0.05) is 17.4 Å². The number of hydrogen-bond donors (Lipinski definition) is 3. The van der Waals surface area contributed by atoms with Gasteiger partial charge in [-0.3, -0.25) is 9.52 Å². The largest absolute Gasteiger partial charge is 0.492 e. The van der Waals surface area contributed by atoms with E-state index in [-0.39, 0.29) is 29.3 Å². The Kier molecular flexibility index (Phi) is 8.19. The second-order valence-corrected chi connectivity index (χ2v) is 10.8. The number of carbonyl (C=O) groups excluding carboxylic acids is 1. The van der Waals surface area contributed by atoms with E-state index >= 15 is 0 Å². The van der Waals surface area contributed by atoms with Crippen molar-refractivity contribution in [2.24, 2.45) is 0 Å². The normalized spacial score (nSPS) is 12.6. The number of ether oxygens (including phenoxy) is 1. The molecule has 1 amide bonds. The Bertz CT molecular complexity index is 1270. The maximum Gasteiger partial charge on any atom is 0.265 e. The highest BCUT2D eigenvalue weighted by Crippen LogP contribution is 2.31. The molecule has 3 rings (SSSR count). The lowest BCUT2D eigenvalue weighted by atomic mass is 9.87. The Morgan fingerprint density at radius 3 is 2.31 bits per heavy atom. The molecule has 0 saturated heterocycles. The van der Waals surface area contributed by atoms with Gasteiger partial charge in [-0.25, -0.2) is 8.42 Å². The number of benzene rings is 3. The molecule has 0 radical (unpaired) electrons. The van der Waals surface area contributed by atoms with Crippen LogP contribution in [-0.4, -0.2) is 32.6 Å². The fraction of sp³-hybridized carbons (Fsp3) is 0.296. The Balaban J connectivity index is 1.87. The highest BCUT2D eigenvalue weighted by atomic mass is 32.2. The van der Waals surface area contributed by atoms with Crippen LogP contribution in [0.4, 0.5) is 11.4 Å². The lowest BCUT2D eigenvalue weighted by molar-refractivity contribution is -0.118. The number of amides is 1. The third-order valence-electron chi connectivity index (χ3n) is 5.48. The molecule has 8 heteroatoms. The number of sulfonamides is 1. The van der Waals surface area contributed by atoms with Crippen molar-refractivity contribution in [2.45, 2.75) is 43.9 Å². The Hall–Kier alpha value is -3.36. The van der Waals surface area contributed by atoms with E-state index in [1.165, 1.54) is 18.2 Å². The molecular formula is C27H32N2O5S. The highest BCUT2D eigenvalue weighted by molar-refractivity contribution is 7.92. The quantitative estimate of drug-likeness (QED) is 0.391. The summed E-state index contributed by atoms with van der Waals surface area (Å²) in [5.74, 6) is -1.05. The molecule has 0 heterocycles. The van der Waals surface area contributed by atoms with Gasteiger partial charge in [-0.2, -0.15) is 0 Å². The van der Waals surface area contributed by atoms with Crippen LogP contribution in [0.25, 0.3) is 0 Å². The molecule has 0 aliphatic heterocycles. The summed E-state index contributed by atoms with van der Waals surface area (Å²) in [5.41, 5.74) is 2.35. The summed E-state index contributed by atoms with van der Waals surface area (Å²) in [6, 6.07) is 20.6. The standard InChI is InChI=1S/C27H32N2O5S/c1-5-34-24-17-21(28-26(31)23(18-30)19-10-7-6-8-11-19)14-15-25(24)35(32,33)29-22-13-9-12-20(16-22)27(2,3)4/h6-17,23,29-30H,5,18H2,1-4H3,(H,28,31)/t23-/m0/s1. The zero-order valence-corrected chi connectivity index (χ0v) is 21.2. The molecule has 35 heavy (non-hydrogen) atoms. The first-order valence-corrected chi connectivity index (χ1v) is 12.9. The van der Waals surface area contributed by atoms with Crippen LogP contribution < -0.4 is 14.8 Å². The van der Waals surface area contributed by atoms with E-state index in [0.29, 0.717) is 16.9 Å². The number of rotatable bonds is 9. The summed E-state index contributed by atoms with van der Waals surface area (Å²) in [7, 11) is -3.97. The van der Waals surface area contributed by atoms with Crippen LogP contribution in [0.15, 0.2) is 77.7 Å². The lowest BCUT2D eigenvalue weighted by Crippen LogP contribution is -2.24. The van der Waals surface area contributed by atoms with Crippen LogP contribution in [0.2, 0.25) is 0 Å². The van der Waals surface area contributed by atoms with Crippen molar-refractivity contribution in [3.63, 3.8) is 0 Å². The fourth-order valence-corrected chi connectivity index (χ4v) is 4.77. The summed E-state index contributed by atoms with van der Waals surface area (Å²) in [4.78, 5) is 12.8. The number of aliphatic hydroxyl groups is 1. The molecule has 0 bridgehead atoms. The molecule has 0 saturated carbocycles. The molecule has 0 aromatic heterocycles. The molecule has 3 aromatic rings. The van der Waals surface area contributed by atoms with E-state index in [9.17, 15) is 18.3 Å². The minimum absolute atomic E-state index is 0.0414. The van der Waals surface area contributed by atoms with Crippen molar-refractivity contribution in [2.75, 3.05) is 23.3 Å². The average molecular weight is 497 g/mol. The molecule has 3 N–H and O–H groups in total. The summed E-state index contributed by atoms with van der Waals surface area (Å²) in [5, 5.41) is 12.5. The molecule has 1 atom stereocenters. The van der Waals surface area contributed by atoms with Gasteiger partial charge in [0.1, 0.15) is 10.6 Å². The summed E-state index contributed by atoms with van der Waals surface area (Å²) in [6.07, 6.45) is 0. The minimum atomic E-state index is -3.97. The maximum atomic E-state index is 13.2. The summed E-state index contributed by atoms with van der Waals surface area (Å²) >= 11 is 0. The van der Waals surface area contributed by atoms with Crippen LogP contribution in [-0.2, 0) is 20.2 Å². The van der Waals surface area contributed by atoms with Gasteiger partial charge in [-0.15, -0.1) is 0 Å². The lowest BCUT2D eigenvalue weighted by Gasteiger charge is -2.20. The summed E-state index contributed by atoms with van der Waals surface area (Å²) < 4.78 is 34.7. The van der Waals surface area contributed by atoms with Crippen molar-refractivity contribution in [3.8, 4) is 5.75 Å². The van der Waals surface area contributed by atoms with E-state index in [1.54, 1.807) is 37.3 Å². The number of anilines is 2. The first-order chi connectivity index (χ1) is 16.5. The molecule has 186 valence electrons. The van der Waals surface area contributed by atoms with Gasteiger partial charge in [-0.05, 0) is 47.7 Å². The number of hydrogen-bond acceptors (Lipinski definition) is 5. The predicted octanol–water partition coefficient (Wildman–Crippen LogP) is 4.90. The zero-order chi connectivity index (χ0) is 25.6. The molecule has 7 nitrogen and oxygen atoms in total. The average Bonchev–Trinajstić information content (AvgIpc) is 2.80. The first kappa shape index (κ1) is 26.2. The van der Waals surface area contributed by atoms with Crippen molar-refractivity contribution >= 4 is 27.3 Å². The molecule has 0 aliphatic rings. The van der Waals surface area contributed by atoms with Gasteiger partial charge in [0.25, 0.3) is 10.0 Å². The molecule has 0 fully saturated rings. The van der Waals surface area contributed by atoms with Crippen LogP contribution in [0.5, 0.6) is 5.75 Å². The maximum absolute atomic E-state index is 13.2. The topological polar surface area (TPSA) is 105 Å². The van der Waals surface area contributed by atoms with Gasteiger partial charge in [-0.1, -0.05) is 63.2 Å². The van der Waals surface area contributed by atoms with Crippen LogP contribution in [0, 0.1) is 0 Å². The van der Waals surface area contributed by atoms with Gasteiger partial charge >= 0.3 is 0 Å². The molecule has 3 aromatic carbocycles. The van der Waals surface area contributed by atoms with Gasteiger partial charge < -0.3 is 15.2 Å². The van der Waals surface area contributed by atoms with Gasteiger partial charge in [0.15, 0.2) is 0 Å². The second-order valence-electron chi connectivity index (χ2n) is 9.17. The molecule has 0 spiro atoms. The monoisotopic (exact) mass is 496 g/mol. The van der Waals surface area contributed by atoms with Crippen molar-refractivity contribution in [3.05, 3.63) is 83.9 Å².